The molecule has 106 valence electrons. The van der Waals surface area contributed by atoms with E-state index in [-0.39, 0.29) is 17.8 Å². The quantitative estimate of drug-likeness (QED) is 0.777. The number of benzene rings is 2. The van der Waals surface area contributed by atoms with Gasteiger partial charge in [0, 0.05) is 10.5 Å². The third-order valence-corrected chi connectivity index (χ3v) is 3.74. The Morgan fingerprint density at radius 1 is 1.05 bits per heavy atom. The number of rotatable bonds is 2. The Bertz CT molecular complexity index is 776. The first kappa shape index (κ1) is 13.9. The highest BCUT2D eigenvalue weighted by molar-refractivity contribution is 9.10. The molecule has 0 aliphatic carbocycles. The van der Waals surface area contributed by atoms with E-state index in [1.807, 2.05) is 6.07 Å². The first-order chi connectivity index (χ1) is 9.97. The summed E-state index contributed by atoms with van der Waals surface area (Å²) in [5.74, 6) is -3.83. The average molecular weight is 352 g/mol. The van der Waals surface area contributed by atoms with Gasteiger partial charge in [-0.25, -0.2) is 8.78 Å². The van der Waals surface area contributed by atoms with Crippen LogP contribution in [0, 0.1) is 11.6 Å². The monoisotopic (exact) mass is 351 g/mol. The fraction of sp³-hybridized carbons (Fsp3) is 0.0667. The van der Waals surface area contributed by atoms with Crippen LogP contribution < -0.4 is 4.90 Å². The van der Waals surface area contributed by atoms with Gasteiger partial charge in [0.15, 0.2) is 11.6 Å². The van der Waals surface area contributed by atoms with Crippen molar-refractivity contribution in [1.29, 1.82) is 0 Å². The first-order valence-corrected chi connectivity index (χ1v) is 6.86. The van der Waals surface area contributed by atoms with E-state index in [1.165, 1.54) is 0 Å². The van der Waals surface area contributed by atoms with E-state index in [0.29, 0.717) is 0 Å². The fourth-order valence-electron chi connectivity index (χ4n) is 2.26. The minimum absolute atomic E-state index is 0.101. The largest absolute Gasteiger partial charge is 0.300 e. The van der Waals surface area contributed by atoms with E-state index in [0.717, 1.165) is 27.1 Å². The predicted molar refractivity (Wildman–Crippen MR) is 76.0 cm³/mol. The van der Waals surface area contributed by atoms with Crippen molar-refractivity contribution in [2.75, 3.05) is 4.90 Å². The summed E-state index contributed by atoms with van der Waals surface area (Å²) in [6, 6.07) is 8.82. The molecule has 0 radical (unpaired) electrons. The lowest BCUT2D eigenvalue weighted by atomic mass is 10.1. The van der Waals surface area contributed by atoms with E-state index < -0.39 is 23.3 Å². The summed E-state index contributed by atoms with van der Waals surface area (Å²) in [7, 11) is 0. The number of carbonyl (C=O) groups is 2. The van der Waals surface area contributed by atoms with Crippen molar-refractivity contribution in [3.8, 4) is 0 Å². The van der Waals surface area contributed by atoms with E-state index in [2.05, 4.69) is 15.9 Å². The third-order valence-electron chi connectivity index (χ3n) is 3.24. The van der Waals surface area contributed by atoms with Gasteiger partial charge in [-0.1, -0.05) is 28.1 Å². The number of amides is 1. The second-order valence-corrected chi connectivity index (χ2v) is 5.55. The zero-order valence-corrected chi connectivity index (χ0v) is 12.2. The van der Waals surface area contributed by atoms with Crippen molar-refractivity contribution in [1.82, 2.24) is 0 Å². The Kier molecular flexibility index (Phi) is 3.33. The van der Waals surface area contributed by atoms with Crippen LogP contribution in [0.5, 0.6) is 0 Å². The molecular weight excluding hydrogens is 344 g/mol. The number of Topliss-reactive ketones (excluding diaryl/α,β-unsaturated/α-hetero) is 1. The molecule has 0 N–H and O–H groups in total. The van der Waals surface area contributed by atoms with Crippen LogP contribution in [-0.4, -0.2) is 11.7 Å². The first-order valence-electron chi connectivity index (χ1n) is 6.07. The SMILES string of the molecule is O=C1C(=O)N(Cc2cccc(Br)c2)c2cc(F)c(F)cc21. The van der Waals surface area contributed by atoms with E-state index >= 15 is 0 Å². The zero-order valence-electron chi connectivity index (χ0n) is 10.6. The molecule has 1 heterocycles. The molecule has 0 saturated carbocycles. The Hall–Kier alpha value is -2.08. The molecule has 2 aromatic rings. The molecule has 1 amide bonds. The van der Waals surface area contributed by atoms with Crippen molar-refractivity contribution in [2.24, 2.45) is 0 Å². The van der Waals surface area contributed by atoms with E-state index in [4.69, 9.17) is 0 Å². The van der Waals surface area contributed by atoms with Gasteiger partial charge in [-0.05, 0) is 23.8 Å². The van der Waals surface area contributed by atoms with Crippen LogP contribution >= 0.6 is 15.9 Å². The summed E-state index contributed by atoms with van der Waals surface area (Å²) in [5.41, 5.74) is 0.765. The van der Waals surface area contributed by atoms with Gasteiger partial charge in [-0.2, -0.15) is 0 Å². The molecule has 0 saturated heterocycles. The molecule has 1 aliphatic rings. The summed E-state index contributed by atoms with van der Waals surface area (Å²) in [4.78, 5) is 25.0. The lowest BCUT2D eigenvalue weighted by molar-refractivity contribution is -0.114. The Morgan fingerprint density at radius 3 is 2.48 bits per heavy atom. The van der Waals surface area contributed by atoms with Gasteiger partial charge in [-0.3, -0.25) is 9.59 Å². The van der Waals surface area contributed by atoms with Crippen molar-refractivity contribution in [3.63, 3.8) is 0 Å². The standard InChI is InChI=1S/C15H8BrF2NO2/c16-9-3-1-2-8(4-9)7-19-13-6-12(18)11(17)5-10(13)14(20)15(19)21/h1-6H,7H2. The van der Waals surface area contributed by atoms with Crippen molar-refractivity contribution < 1.29 is 18.4 Å². The molecule has 0 bridgehead atoms. The summed E-state index contributed by atoms with van der Waals surface area (Å²) >= 11 is 3.31. The molecule has 0 unspecified atom stereocenters. The maximum Gasteiger partial charge on any atom is 0.299 e. The number of halogens is 3. The number of hydrogen-bond donors (Lipinski definition) is 0. The fourth-order valence-corrected chi connectivity index (χ4v) is 2.71. The lowest BCUT2D eigenvalue weighted by Gasteiger charge is -2.16. The molecule has 3 nitrogen and oxygen atoms in total. The number of ketones is 1. The van der Waals surface area contributed by atoms with Crippen molar-refractivity contribution in [3.05, 3.63) is 63.6 Å². The normalized spacial score (nSPS) is 13.8. The number of carbonyl (C=O) groups excluding carboxylic acids is 2. The molecule has 0 fully saturated rings. The van der Waals surface area contributed by atoms with E-state index in [1.54, 1.807) is 18.2 Å². The second kappa shape index (κ2) is 5.04. The Morgan fingerprint density at radius 2 is 1.76 bits per heavy atom. The highest BCUT2D eigenvalue weighted by Crippen LogP contribution is 2.32. The van der Waals surface area contributed by atoms with Gasteiger partial charge in [0.25, 0.3) is 11.7 Å². The smallest absolute Gasteiger partial charge is 0.299 e. The van der Waals surface area contributed by atoms with Crippen LogP contribution in [0.25, 0.3) is 0 Å². The van der Waals surface area contributed by atoms with Crippen molar-refractivity contribution >= 4 is 33.3 Å². The predicted octanol–water partition coefficient (Wildman–Crippen LogP) is 3.46. The summed E-state index contributed by atoms with van der Waals surface area (Å²) in [6.07, 6.45) is 0. The van der Waals surface area contributed by atoms with Crippen LogP contribution in [-0.2, 0) is 11.3 Å². The van der Waals surface area contributed by atoms with Gasteiger partial charge in [-0.15, -0.1) is 0 Å². The van der Waals surface area contributed by atoms with Crippen LogP contribution in [0.1, 0.15) is 15.9 Å². The van der Waals surface area contributed by atoms with Gasteiger partial charge in [0.1, 0.15) is 0 Å². The molecule has 1 aliphatic heterocycles. The van der Waals surface area contributed by atoms with Crippen LogP contribution in [0.15, 0.2) is 40.9 Å². The summed E-state index contributed by atoms with van der Waals surface area (Å²) < 4.78 is 27.4. The maximum atomic E-state index is 13.4. The summed E-state index contributed by atoms with van der Waals surface area (Å²) in [6.45, 7) is 0.113. The minimum atomic E-state index is -1.14. The van der Waals surface area contributed by atoms with Crippen LogP contribution in [0.3, 0.4) is 0 Å². The molecule has 0 spiro atoms. The number of hydrogen-bond acceptors (Lipinski definition) is 2. The van der Waals surface area contributed by atoms with Crippen LogP contribution in [0.2, 0.25) is 0 Å². The van der Waals surface area contributed by atoms with Crippen LogP contribution in [0.4, 0.5) is 14.5 Å². The van der Waals surface area contributed by atoms with Crippen molar-refractivity contribution in [2.45, 2.75) is 6.54 Å². The highest BCUT2D eigenvalue weighted by Gasteiger charge is 2.37. The molecule has 0 atom stereocenters. The second-order valence-electron chi connectivity index (χ2n) is 4.63. The zero-order chi connectivity index (χ0) is 15.1. The number of nitrogens with zero attached hydrogens (tertiary/aromatic N) is 1. The molecular formula is C15H8BrF2NO2. The molecule has 3 rings (SSSR count). The topological polar surface area (TPSA) is 37.4 Å². The van der Waals surface area contributed by atoms with E-state index in [9.17, 15) is 18.4 Å². The van der Waals surface area contributed by atoms with Gasteiger partial charge in [0.05, 0.1) is 17.8 Å². The molecule has 21 heavy (non-hydrogen) atoms. The Labute approximate surface area is 127 Å². The third kappa shape index (κ3) is 2.35. The average Bonchev–Trinajstić information content (AvgIpc) is 2.65. The maximum absolute atomic E-state index is 13.4. The lowest BCUT2D eigenvalue weighted by Crippen LogP contribution is -2.29. The Balaban J connectivity index is 2.03. The van der Waals surface area contributed by atoms with Gasteiger partial charge >= 0.3 is 0 Å². The number of anilines is 1. The summed E-state index contributed by atoms with van der Waals surface area (Å²) in [5, 5.41) is 0. The molecule has 0 aromatic heterocycles. The van der Waals surface area contributed by atoms with Gasteiger partial charge < -0.3 is 4.90 Å². The molecule has 6 heteroatoms. The van der Waals surface area contributed by atoms with Gasteiger partial charge in [0.2, 0.25) is 0 Å². The molecule has 2 aromatic carbocycles. The minimum Gasteiger partial charge on any atom is -0.300 e. The number of fused-ring (bicyclic) bond motifs is 1. The highest BCUT2D eigenvalue weighted by atomic mass is 79.9.